The number of rotatable bonds is 8. The second-order valence-corrected chi connectivity index (χ2v) is 7.43. The van der Waals surface area contributed by atoms with Crippen LogP contribution in [0.25, 0.3) is 0 Å². The molecule has 1 N–H and O–H groups in total. The number of nitrogens with zero attached hydrogens (tertiary/aromatic N) is 5. The Balaban J connectivity index is 1.67. The zero-order valence-corrected chi connectivity index (χ0v) is 16.9. The number of imide groups is 1. The maximum Gasteiger partial charge on any atom is 0.325 e. The van der Waals surface area contributed by atoms with Gasteiger partial charge in [-0.25, -0.2) is 9.48 Å². The number of aromatic nitrogens is 4. The van der Waals surface area contributed by atoms with Crippen molar-refractivity contribution in [2.24, 2.45) is 0 Å². The first kappa shape index (κ1) is 19.8. The molecule has 0 unspecified atom stereocenters. The van der Waals surface area contributed by atoms with E-state index in [9.17, 15) is 9.59 Å². The molecule has 1 aromatic heterocycles. The number of carbonyl (C=O) groups is 2. The van der Waals surface area contributed by atoms with Crippen molar-refractivity contribution in [2.75, 3.05) is 0 Å². The summed E-state index contributed by atoms with van der Waals surface area (Å²) in [4.78, 5) is 27.8. The fourth-order valence-corrected chi connectivity index (χ4v) is 3.77. The summed E-state index contributed by atoms with van der Waals surface area (Å²) in [6, 6.07) is 18.6. The number of urea groups is 1. The van der Waals surface area contributed by atoms with Gasteiger partial charge in [-0.15, -0.1) is 5.10 Å². The van der Waals surface area contributed by atoms with Crippen LogP contribution in [0.15, 0.2) is 60.7 Å². The number of carbonyl (C=O) groups excluding carboxylic acids is 2. The molecule has 1 saturated heterocycles. The molecule has 8 nitrogen and oxygen atoms in total. The molecule has 0 bridgehead atoms. The predicted octanol–water partition coefficient (Wildman–Crippen LogP) is 2.66. The third kappa shape index (κ3) is 3.68. The Kier molecular flexibility index (Phi) is 5.56. The predicted molar refractivity (Wildman–Crippen MR) is 110 cm³/mol. The summed E-state index contributed by atoms with van der Waals surface area (Å²) in [5, 5.41) is 14.7. The van der Waals surface area contributed by atoms with Crippen LogP contribution >= 0.6 is 0 Å². The van der Waals surface area contributed by atoms with Crippen molar-refractivity contribution < 1.29 is 9.59 Å². The Labute approximate surface area is 174 Å². The van der Waals surface area contributed by atoms with E-state index in [0.717, 1.165) is 24.0 Å². The first-order valence-corrected chi connectivity index (χ1v) is 10.1. The van der Waals surface area contributed by atoms with Gasteiger partial charge in [-0.3, -0.25) is 9.69 Å². The molecule has 0 spiro atoms. The van der Waals surface area contributed by atoms with Gasteiger partial charge in [0.15, 0.2) is 11.4 Å². The van der Waals surface area contributed by atoms with Crippen molar-refractivity contribution in [1.29, 1.82) is 0 Å². The molecule has 154 valence electrons. The molecule has 1 aliphatic rings. The van der Waals surface area contributed by atoms with Crippen LogP contribution in [0.4, 0.5) is 4.79 Å². The van der Waals surface area contributed by atoms with Crippen LogP contribution in [0.1, 0.15) is 36.7 Å². The minimum Gasteiger partial charge on any atom is -0.319 e. The molecule has 3 aromatic rings. The molecule has 3 amide bonds. The molecule has 1 aliphatic heterocycles. The molecular formula is C22H24N6O2. The largest absolute Gasteiger partial charge is 0.325 e. The van der Waals surface area contributed by atoms with Crippen molar-refractivity contribution in [3.8, 4) is 0 Å². The highest BCUT2D eigenvalue weighted by molar-refractivity contribution is 6.07. The molecule has 0 saturated carbocycles. The van der Waals surface area contributed by atoms with Crippen LogP contribution in [0.5, 0.6) is 0 Å². The fourth-order valence-electron chi connectivity index (χ4n) is 3.77. The summed E-state index contributed by atoms with van der Waals surface area (Å²) in [5.41, 5.74) is 0.548. The minimum atomic E-state index is -1.17. The van der Waals surface area contributed by atoms with Crippen molar-refractivity contribution >= 4 is 11.9 Å². The van der Waals surface area contributed by atoms with E-state index in [-0.39, 0.29) is 12.5 Å². The fraction of sp³-hybridized carbons (Fsp3) is 0.318. The summed E-state index contributed by atoms with van der Waals surface area (Å²) < 4.78 is 1.66. The summed E-state index contributed by atoms with van der Waals surface area (Å²) in [6.45, 7) is 2.76. The molecule has 2 aromatic carbocycles. The number of hydrogen-bond donors (Lipinski definition) is 1. The van der Waals surface area contributed by atoms with Gasteiger partial charge in [0.05, 0.1) is 6.54 Å². The Bertz CT molecular complexity index is 1020. The molecule has 2 heterocycles. The van der Waals surface area contributed by atoms with E-state index in [1.54, 1.807) is 4.68 Å². The minimum absolute atomic E-state index is 0.0325. The van der Waals surface area contributed by atoms with E-state index >= 15 is 0 Å². The third-order valence-corrected chi connectivity index (χ3v) is 5.38. The second-order valence-electron chi connectivity index (χ2n) is 7.43. The van der Waals surface area contributed by atoms with E-state index < -0.39 is 11.6 Å². The monoisotopic (exact) mass is 404 g/mol. The topological polar surface area (TPSA) is 93.0 Å². The van der Waals surface area contributed by atoms with Gasteiger partial charge in [-0.05, 0) is 28.0 Å². The third-order valence-electron chi connectivity index (χ3n) is 5.38. The number of aryl methyl sites for hydroxylation is 1. The molecule has 0 aliphatic carbocycles. The van der Waals surface area contributed by atoms with Gasteiger partial charge in [-0.1, -0.05) is 74.0 Å². The zero-order valence-electron chi connectivity index (χ0n) is 16.9. The van der Waals surface area contributed by atoms with E-state index in [1.165, 1.54) is 4.90 Å². The first-order chi connectivity index (χ1) is 14.6. The lowest BCUT2D eigenvalue weighted by atomic mass is 9.83. The van der Waals surface area contributed by atoms with Crippen molar-refractivity contribution in [1.82, 2.24) is 30.4 Å². The Morgan fingerprint density at radius 1 is 1.00 bits per heavy atom. The standard InChI is InChI=1S/C22H24N6O2/c1-2-3-14-28-19(24-25-26-28)16-27-20(29)22(23-21(27)30,18-12-8-5-9-13-18)15-17-10-6-4-7-11-17/h4-13H,2-3,14-16H2,1H3,(H,23,30)/t22-/m1/s1. The zero-order chi connectivity index (χ0) is 21.0. The van der Waals surface area contributed by atoms with Crippen LogP contribution < -0.4 is 5.32 Å². The molecule has 1 fully saturated rings. The van der Waals surface area contributed by atoms with Crippen molar-refractivity contribution in [3.05, 3.63) is 77.6 Å². The SMILES string of the molecule is CCCCn1nnnc1CN1C(=O)N[C@](Cc2ccccc2)(c2ccccc2)C1=O. The van der Waals surface area contributed by atoms with Gasteiger partial charge >= 0.3 is 6.03 Å². The van der Waals surface area contributed by atoms with E-state index in [0.29, 0.717) is 18.8 Å². The van der Waals surface area contributed by atoms with Crippen molar-refractivity contribution in [2.45, 2.75) is 44.8 Å². The molecular weight excluding hydrogens is 380 g/mol. The highest BCUT2D eigenvalue weighted by Gasteiger charge is 2.52. The highest BCUT2D eigenvalue weighted by Crippen LogP contribution is 2.33. The van der Waals surface area contributed by atoms with Crippen LogP contribution in [0.3, 0.4) is 0 Å². The molecule has 30 heavy (non-hydrogen) atoms. The number of tetrazole rings is 1. The highest BCUT2D eigenvalue weighted by atomic mass is 16.2. The quantitative estimate of drug-likeness (QED) is 0.583. The van der Waals surface area contributed by atoms with Crippen molar-refractivity contribution in [3.63, 3.8) is 0 Å². The first-order valence-electron chi connectivity index (χ1n) is 10.1. The lowest BCUT2D eigenvalue weighted by Crippen LogP contribution is -2.46. The maximum absolute atomic E-state index is 13.7. The number of unbranched alkanes of at least 4 members (excludes halogenated alkanes) is 1. The smallest absolute Gasteiger partial charge is 0.319 e. The lowest BCUT2D eigenvalue weighted by Gasteiger charge is -2.27. The average molecular weight is 404 g/mol. The number of benzene rings is 2. The van der Waals surface area contributed by atoms with E-state index in [2.05, 4.69) is 27.8 Å². The molecule has 4 rings (SSSR count). The summed E-state index contributed by atoms with van der Waals surface area (Å²) in [6.07, 6.45) is 2.27. The van der Waals surface area contributed by atoms with Gasteiger partial charge < -0.3 is 5.32 Å². The van der Waals surface area contributed by atoms with Gasteiger partial charge in [0, 0.05) is 13.0 Å². The number of amides is 3. The van der Waals surface area contributed by atoms with Gasteiger partial charge in [0.25, 0.3) is 5.91 Å². The van der Waals surface area contributed by atoms with E-state index in [4.69, 9.17) is 0 Å². The summed E-state index contributed by atoms with van der Waals surface area (Å²) >= 11 is 0. The van der Waals surface area contributed by atoms with Gasteiger partial charge in [-0.2, -0.15) is 0 Å². The molecule has 8 heteroatoms. The second kappa shape index (κ2) is 8.44. The number of hydrogen-bond acceptors (Lipinski definition) is 5. The van der Waals surface area contributed by atoms with Crippen LogP contribution in [-0.4, -0.2) is 37.0 Å². The average Bonchev–Trinajstić information content (AvgIpc) is 3.32. The van der Waals surface area contributed by atoms with E-state index in [1.807, 2.05) is 60.7 Å². The molecule has 0 radical (unpaired) electrons. The summed E-state index contributed by atoms with van der Waals surface area (Å²) in [7, 11) is 0. The van der Waals surface area contributed by atoms with Crippen LogP contribution in [0, 0.1) is 0 Å². The number of nitrogens with one attached hydrogen (secondary N) is 1. The van der Waals surface area contributed by atoms with Gasteiger partial charge in [0.2, 0.25) is 0 Å². The summed E-state index contributed by atoms with van der Waals surface area (Å²) in [5.74, 6) is 0.197. The lowest BCUT2D eigenvalue weighted by molar-refractivity contribution is -0.132. The molecule has 1 atom stereocenters. The Morgan fingerprint density at radius 2 is 1.70 bits per heavy atom. The van der Waals surface area contributed by atoms with Crippen LogP contribution in [-0.2, 0) is 29.8 Å². The Morgan fingerprint density at radius 3 is 2.40 bits per heavy atom. The Hall–Kier alpha value is -3.55. The van der Waals surface area contributed by atoms with Crippen LogP contribution in [0.2, 0.25) is 0 Å². The normalized spacial score (nSPS) is 18.6. The van der Waals surface area contributed by atoms with Gasteiger partial charge in [0.1, 0.15) is 0 Å². The maximum atomic E-state index is 13.7.